The zero-order valence-corrected chi connectivity index (χ0v) is 9.01. The van der Waals surface area contributed by atoms with Gasteiger partial charge in [0, 0.05) is 11.5 Å². The number of methoxy groups -OCH3 is 1. The summed E-state index contributed by atoms with van der Waals surface area (Å²) in [4.78, 5) is 11.3. The number of esters is 1. The number of carbonyl (C=O) groups is 1. The van der Waals surface area contributed by atoms with Crippen LogP contribution in [0.1, 0.15) is 32.6 Å². The van der Waals surface area contributed by atoms with Crippen LogP contribution in [0.15, 0.2) is 23.8 Å². The summed E-state index contributed by atoms with van der Waals surface area (Å²) in [5, 5.41) is 0. The minimum atomic E-state index is -0.267. The molecule has 2 heteroatoms. The fraction of sp³-hybridized carbons (Fsp3) is 0.583. The SMILES string of the molecule is C=C(C(=O)OC)C1CCCCC1=CC. The van der Waals surface area contributed by atoms with E-state index in [0.717, 1.165) is 12.8 Å². The van der Waals surface area contributed by atoms with E-state index in [1.807, 2.05) is 6.92 Å². The van der Waals surface area contributed by atoms with Gasteiger partial charge in [-0.15, -0.1) is 0 Å². The van der Waals surface area contributed by atoms with Crippen molar-refractivity contribution in [3.05, 3.63) is 23.8 Å². The van der Waals surface area contributed by atoms with E-state index in [4.69, 9.17) is 4.74 Å². The lowest BCUT2D eigenvalue weighted by molar-refractivity contribution is -0.136. The van der Waals surface area contributed by atoms with E-state index in [0.29, 0.717) is 5.57 Å². The molecular weight excluding hydrogens is 176 g/mol. The molecule has 0 aromatic carbocycles. The number of allylic oxidation sites excluding steroid dienone is 2. The summed E-state index contributed by atoms with van der Waals surface area (Å²) >= 11 is 0. The van der Waals surface area contributed by atoms with Crippen LogP contribution < -0.4 is 0 Å². The highest BCUT2D eigenvalue weighted by Crippen LogP contribution is 2.34. The molecule has 0 spiro atoms. The lowest BCUT2D eigenvalue weighted by atomic mass is 9.80. The Kier molecular flexibility index (Phi) is 3.93. The maximum Gasteiger partial charge on any atom is 0.333 e. The molecule has 1 rings (SSSR count). The predicted octanol–water partition coefficient (Wildman–Crippen LogP) is 2.85. The van der Waals surface area contributed by atoms with Crippen LogP contribution in [0.2, 0.25) is 0 Å². The van der Waals surface area contributed by atoms with Gasteiger partial charge < -0.3 is 4.74 Å². The molecule has 0 aromatic heterocycles. The Morgan fingerprint density at radius 1 is 1.57 bits per heavy atom. The average Bonchev–Trinajstić information content (AvgIpc) is 2.26. The first-order valence-electron chi connectivity index (χ1n) is 5.13. The van der Waals surface area contributed by atoms with E-state index >= 15 is 0 Å². The largest absolute Gasteiger partial charge is 0.466 e. The summed E-state index contributed by atoms with van der Waals surface area (Å²) in [5.74, 6) is -0.0440. The summed E-state index contributed by atoms with van der Waals surface area (Å²) in [6, 6.07) is 0. The Bertz CT molecular complexity index is 263. The fourth-order valence-corrected chi connectivity index (χ4v) is 2.05. The number of ether oxygens (including phenoxy) is 1. The zero-order chi connectivity index (χ0) is 10.6. The van der Waals surface area contributed by atoms with Gasteiger partial charge in [0.1, 0.15) is 0 Å². The van der Waals surface area contributed by atoms with E-state index in [2.05, 4.69) is 12.7 Å². The van der Waals surface area contributed by atoms with Crippen LogP contribution in [0.4, 0.5) is 0 Å². The third kappa shape index (κ3) is 2.25. The highest BCUT2D eigenvalue weighted by atomic mass is 16.5. The quantitative estimate of drug-likeness (QED) is 0.384. The smallest absolute Gasteiger partial charge is 0.333 e. The number of carbonyl (C=O) groups excluding carboxylic acids is 1. The maximum absolute atomic E-state index is 11.3. The number of hydrogen-bond acceptors (Lipinski definition) is 2. The Morgan fingerprint density at radius 2 is 2.29 bits per heavy atom. The van der Waals surface area contributed by atoms with E-state index in [1.165, 1.54) is 25.5 Å². The molecule has 0 aromatic rings. The molecular formula is C12H18O2. The van der Waals surface area contributed by atoms with E-state index in [1.54, 1.807) is 0 Å². The maximum atomic E-state index is 11.3. The Morgan fingerprint density at radius 3 is 2.86 bits per heavy atom. The van der Waals surface area contributed by atoms with Gasteiger partial charge in [-0.3, -0.25) is 0 Å². The van der Waals surface area contributed by atoms with Crippen molar-refractivity contribution < 1.29 is 9.53 Å². The lowest BCUT2D eigenvalue weighted by Crippen LogP contribution is -2.18. The summed E-state index contributed by atoms with van der Waals surface area (Å²) < 4.78 is 4.69. The van der Waals surface area contributed by atoms with Crippen LogP contribution >= 0.6 is 0 Å². The van der Waals surface area contributed by atoms with Crippen molar-refractivity contribution in [3.63, 3.8) is 0 Å². The monoisotopic (exact) mass is 194 g/mol. The number of hydrogen-bond donors (Lipinski definition) is 0. The van der Waals surface area contributed by atoms with Gasteiger partial charge in [-0.2, -0.15) is 0 Å². The van der Waals surface area contributed by atoms with Gasteiger partial charge in [0.15, 0.2) is 0 Å². The molecule has 1 atom stereocenters. The van der Waals surface area contributed by atoms with Crippen LogP contribution in [0.5, 0.6) is 0 Å². The van der Waals surface area contributed by atoms with Crippen LogP contribution in [0.25, 0.3) is 0 Å². The predicted molar refractivity (Wildman–Crippen MR) is 56.9 cm³/mol. The molecule has 0 bridgehead atoms. The molecule has 14 heavy (non-hydrogen) atoms. The standard InChI is InChI=1S/C12H18O2/c1-4-10-7-5-6-8-11(10)9(2)12(13)14-3/h4,11H,2,5-8H2,1,3H3. The second kappa shape index (κ2) is 4.99. The van der Waals surface area contributed by atoms with Gasteiger partial charge >= 0.3 is 5.97 Å². The molecule has 0 aliphatic heterocycles. The van der Waals surface area contributed by atoms with Crippen LogP contribution in [-0.4, -0.2) is 13.1 Å². The normalized spacial score (nSPS) is 24.7. The summed E-state index contributed by atoms with van der Waals surface area (Å²) in [6.07, 6.45) is 6.64. The molecule has 0 amide bonds. The Labute approximate surface area is 85.6 Å². The highest BCUT2D eigenvalue weighted by molar-refractivity contribution is 5.88. The molecule has 1 fully saturated rings. The molecule has 1 unspecified atom stereocenters. The first-order valence-corrected chi connectivity index (χ1v) is 5.13. The van der Waals surface area contributed by atoms with E-state index in [-0.39, 0.29) is 11.9 Å². The summed E-state index contributed by atoms with van der Waals surface area (Å²) in [6.45, 7) is 5.86. The second-order valence-corrected chi connectivity index (χ2v) is 3.68. The second-order valence-electron chi connectivity index (χ2n) is 3.68. The Balaban J connectivity index is 2.74. The first kappa shape index (κ1) is 11.0. The van der Waals surface area contributed by atoms with Gasteiger partial charge in [0.2, 0.25) is 0 Å². The van der Waals surface area contributed by atoms with Crippen LogP contribution in [0.3, 0.4) is 0 Å². The van der Waals surface area contributed by atoms with Gasteiger partial charge in [0.05, 0.1) is 7.11 Å². The van der Waals surface area contributed by atoms with Crippen LogP contribution in [0, 0.1) is 5.92 Å². The molecule has 2 nitrogen and oxygen atoms in total. The van der Waals surface area contributed by atoms with E-state index in [9.17, 15) is 4.79 Å². The topological polar surface area (TPSA) is 26.3 Å². The minimum Gasteiger partial charge on any atom is -0.466 e. The minimum absolute atomic E-state index is 0.223. The molecule has 0 N–H and O–H groups in total. The molecule has 1 aliphatic rings. The van der Waals surface area contributed by atoms with Crippen molar-refractivity contribution in [1.82, 2.24) is 0 Å². The average molecular weight is 194 g/mol. The van der Waals surface area contributed by atoms with Crippen molar-refractivity contribution in [2.45, 2.75) is 32.6 Å². The molecule has 0 radical (unpaired) electrons. The molecule has 0 saturated heterocycles. The fourth-order valence-electron chi connectivity index (χ4n) is 2.05. The Hall–Kier alpha value is -1.05. The van der Waals surface area contributed by atoms with Crippen molar-refractivity contribution in [3.8, 4) is 0 Å². The van der Waals surface area contributed by atoms with Crippen molar-refractivity contribution in [1.29, 1.82) is 0 Å². The van der Waals surface area contributed by atoms with Crippen molar-refractivity contribution in [2.24, 2.45) is 5.92 Å². The molecule has 1 saturated carbocycles. The van der Waals surface area contributed by atoms with Gasteiger partial charge in [-0.1, -0.05) is 24.6 Å². The molecule has 1 aliphatic carbocycles. The number of rotatable bonds is 2. The molecule has 0 heterocycles. The van der Waals surface area contributed by atoms with Gasteiger partial charge in [0.25, 0.3) is 0 Å². The third-order valence-corrected chi connectivity index (χ3v) is 2.89. The lowest BCUT2D eigenvalue weighted by Gasteiger charge is -2.25. The first-order chi connectivity index (χ1) is 6.70. The zero-order valence-electron chi connectivity index (χ0n) is 9.01. The van der Waals surface area contributed by atoms with E-state index < -0.39 is 0 Å². The summed E-state index contributed by atoms with van der Waals surface area (Å²) in [5.41, 5.74) is 1.95. The van der Waals surface area contributed by atoms with Crippen LogP contribution in [-0.2, 0) is 9.53 Å². The van der Waals surface area contributed by atoms with Crippen molar-refractivity contribution >= 4 is 5.97 Å². The molecule has 78 valence electrons. The van der Waals surface area contributed by atoms with Gasteiger partial charge in [-0.25, -0.2) is 4.79 Å². The third-order valence-electron chi connectivity index (χ3n) is 2.89. The highest BCUT2D eigenvalue weighted by Gasteiger charge is 2.25. The van der Waals surface area contributed by atoms with Gasteiger partial charge in [-0.05, 0) is 26.2 Å². The van der Waals surface area contributed by atoms with Crippen molar-refractivity contribution in [2.75, 3.05) is 7.11 Å². The summed E-state index contributed by atoms with van der Waals surface area (Å²) in [7, 11) is 1.41.